The van der Waals surface area contributed by atoms with Gasteiger partial charge in [0.05, 0.1) is 41.6 Å². The SMILES string of the molecule is COCC1(CN(C)c2cc(-c3cnc(C4CC4)c(C(F)(F)F)c3)nc3nc(-c4cnc(N5CCN(CCCC(=O)O)C[C@@H]5C)cn4)[nH]c23)CCC1. The number of aliphatic carboxylic acids is 1. The van der Waals surface area contributed by atoms with E-state index in [0.29, 0.717) is 60.8 Å². The number of ether oxygens (including phenoxy) is 1. The minimum Gasteiger partial charge on any atom is -0.481 e. The number of rotatable bonds is 13. The number of nitrogens with one attached hydrogen (secondary N) is 1. The number of nitrogens with zero attached hydrogens (tertiary/aromatic N) is 8. The third-order valence-electron chi connectivity index (χ3n) is 10.5. The smallest absolute Gasteiger partial charge is 0.418 e. The van der Waals surface area contributed by atoms with Crippen molar-refractivity contribution in [2.24, 2.45) is 5.41 Å². The van der Waals surface area contributed by atoms with Crippen LogP contribution < -0.4 is 9.80 Å². The highest BCUT2D eigenvalue weighted by molar-refractivity contribution is 5.91. The van der Waals surface area contributed by atoms with Gasteiger partial charge in [-0.3, -0.25) is 14.7 Å². The Labute approximate surface area is 294 Å². The van der Waals surface area contributed by atoms with Gasteiger partial charge in [0, 0.05) is 75.9 Å². The van der Waals surface area contributed by atoms with Crippen LogP contribution in [0.2, 0.25) is 0 Å². The first-order valence-electron chi connectivity index (χ1n) is 17.6. The highest BCUT2D eigenvalue weighted by Crippen LogP contribution is 2.46. The molecule has 12 nitrogen and oxygen atoms in total. The van der Waals surface area contributed by atoms with Crippen molar-refractivity contribution in [1.82, 2.24) is 34.8 Å². The van der Waals surface area contributed by atoms with E-state index in [4.69, 9.17) is 29.8 Å². The van der Waals surface area contributed by atoms with Crippen LogP contribution in [0.4, 0.5) is 24.7 Å². The summed E-state index contributed by atoms with van der Waals surface area (Å²) in [5.74, 6) is 0.255. The normalized spacial score (nSPS) is 19.3. The van der Waals surface area contributed by atoms with Crippen molar-refractivity contribution in [3.63, 3.8) is 0 Å². The van der Waals surface area contributed by atoms with Gasteiger partial charge >= 0.3 is 12.1 Å². The number of aromatic amines is 1. The van der Waals surface area contributed by atoms with Gasteiger partial charge in [0.1, 0.15) is 17.0 Å². The van der Waals surface area contributed by atoms with E-state index in [1.165, 1.54) is 12.3 Å². The fourth-order valence-corrected chi connectivity index (χ4v) is 7.61. The summed E-state index contributed by atoms with van der Waals surface area (Å²) in [5, 5.41) is 8.96. The maximum atomic E-state index is 14.2. The molecule has 5 heterocycles. The van der Waals surface area contributed by atoms with Gasteiger partial charge in [-0.15, -0.1) is 0 Å². The molecule has 7 rings (SSSR count). The van der Waals surface area contributed by atoms with Gasteiger partial charge < -0.3 is 24.6 Å². The molecule has 0 aromatic carbocycles. The second-order valence-corrected chi connectivity index (χ2v) is 14.5. The van der Waals surface area contributed by atoms with Crippen molar-refractivity contribution in [2.75, 3.05) is 63.3 Å². The standard InChI is InChI=1S/C36H44F3N9O3/c1-22-19-47(11-4-6-30(49)50)12-13-48(22)29-18-40-27(17-41-29)33-44-32-28(46(2)20-35(21-51-3)9-5-10-35)15-26(43-34(32)45-33)24-14-25(36(37,38)39)31(42-16-24)23-7-8-23/h14-18,22-23H,4-13,19-21H2,1-3H3,(H,49,50)(H,43,44,45)/t22-/m0/s1. The molecule has 3 fully saturated rings. The van der Waals surface area contributed by atoms with E-state index in [0.717, 1.165) is 56.9 Å². The van der Waals surface area contributed by atoms with E-state index in [-0.39, 0.29) is 35.1 Å². The summed E-state index contributed by atoms with van der Waals surface area (Å²) in [6.07, 6.45) is 5.75. The Morgan fingerprint density at radius 2 is 1.90 bits per heavy atom. The third kappa shape index (κ3) is 7.50. The van der Waals surface area contributed by atoms with Crippen LogP contribution in [0.25, 0.3) is 33.9 Å². The summed E-state index contributed by atoms with van der Waals surface area (Å²) in [7, 11) is 3.69. The van der Waals surface area contributed by atoms with E-state index in [1.54, 1.807) is 19.5 Å². The Kier molecular flexibility index (Phi) is 9.61. The molecule has 1 atom stereocenters. The molecular formula is C36H44F3N9O3. The molecule has 4 aromatic rings. The maximum Gasteiger partial charge on any atom is 0.418 e. The number of hydrogen-bond donors (Lipinski definition) is 2. The van der Waals surface area contributed by atoms with Crippen LogP contribution in [-0.4, -0.2) is 105 Å². The molecule has 15 heteroatoms. The number of hydrogen-bond acceptors (Lipinski definition) is 10. The molecule has 2 saturated carbocycles. The minimum absolute atomic E-state index is 0.0125. The molecule has 0 amide bonds. The molecule has 0 spiro atoms. The summed E-state index contributed by atoms with van der Waals surface area (Å²) in [6, 6.07) is 3.15. The van der Waals surface area contributed by atoms with Crippen LogP contribution in [-0.2, 0) is 15.7 Å². The first-order chi connectivity index (χ1) is 24.4. The molecule has 272 valence electrons. The van der Waals surface area contributed by atoms with E-state index in [1.807, 2.05) is 13.1 Å². The number of piperazine rings is 1. The molecule has 1 saturated heterocycles. The lowest BCUT2D eigenvalue weighted by Crippen LogP contribution is -2.52. The number of carboxylic acid groups (broad SMARTS) is 1. The molecule has 4 aromatic heterocycles. The first kappa shape index (κ1) is 35.1. The Hall–Kier alpha value is -4.37. The summed E-state index contributed by atoms with van der Waals surface area (Å²) >= 11 is 0. The summed E-state index contributed by atoms with van der Waals surface area (Å²) in [5.41, 5.74) is 2.30. The van der Waals surface area contributed by atoms with E-state index < -0.39 is 17.7 Å². The molecule has 0 unspecified atom stereocenters. The number of imidazole rings is 1. The molecule has 0 radical (unpaired) electrons. The van der Waals surface area contributed by atoms with Crippen LogP contribution in [0.3, 0.4) is 0 Å². The predicted molar refractivity (Wildman–Crippen MR) is 187 cm³/mol. The molecule has 51 heavy (non-hydrogen) atoms. The number of anilines is 2. The van der Waals surface area contributed by atoms with Gasteiger partial charge in [0.15, 0.2) is 11.5 Å². The zero-order chi connectivity index (χ0) is 35.9. The first-order valence-corrected chi connectivity index (χ1v) is 17.6. The van der Waals surface area contributed by atoms with Crippen molar-refractivity contribution < 1.29 is 27.8 Å². The van der Waals surface area contributed by atoms with Gasteiger partial charge in [-0.05, 0) is 57.7 Å². The minimum atomic E-state index is -4.53. The quantitative estimate of drug-likeness (QED) is 0.169. The fraction of sp³-hybridized carbons (Fsp3) is 0.556. The zero-order valence-electron chi connectivity index (χ0n) is 29.2. The molecule has 2 N–H and O–H groups in total. The van der Waals surface area contributed by atoms with Crippen LogP contribution in [0, 0.1) is 5.41 Å². The molecular weight excluding hydrogens is 663 g/mol. The number of carboxylic acids is 1. The summed E-state index contributed by atoms with van der Waals surface area (Å²) < 4.78 is 48.2. The monoisotopic (exact) mass is 707 g/mol. The van der Waals surface area contributed by atoms with Crippen molar-refractivity contribution >= 4 is 28.6 Å². The van der Waals surface area contributed by atoms with Gasteiger partial charge in [-0.1, -0.05) is 6.42 Å². The van der Waals surface area contributed by atoms with Gasteiger partial charge in [0.25, 0.3) is 0 Å². The third-order valence-corrected chi connectivity index (χ3v) is 10.5. The lowest BCUT2D eigenvalue weighted by molar-refractivity contribution is -0.139. The van der Waals surface area contributed by atoms with E-state index >= 15 is 0 Å². The molecule has 0 bridgehead atoms. The molecule has 3 aliphatic rings. The Morgan fingerprint density at radius 1 is 1.10 bits per heavy atom. The number of halogens is 3. The average Bonchev–Trinajstić information content (AvgIpc) is 3.84. The van der Waals surface area contributed by atoms with Gasteiger partial charge in [-0.2, -0.15) is 13.2 Å². The predicted octanol–water partition coefficient (Wildman–Crippen LogP) is 6.00. The number of H-pyrrole nitrogens is 1. The maximum absolute atomic E-state index is 14.2. The van der Waals surface area contributed by atoms with Crippen LogP contribution >= 0.6 is 0 Å². The second-order valence-electron chi connectivity index (χ2n) is 14.5. The number of fused-ring (bicyclic) bond motifs is 1. The molecule has 1 aliphatic heterocycles. The van der Waals surface area contributed by atoms with Crippen LogP contribution in [0.15, 0.2) is 30.7 Å². The largest absolute Gasteiger partial charge is 0.481 e. The van der Waals surface area contributed by atoms with Crippen LogP contribution in [0.1, 0.15) is 69.0 Å². The summed E-state index contributed by atoms with van der Waals surface area (Å²) in [4.78, 5) is 44.2. The van der Waals surface area contributed by atoms with Crippen molar-refractivity contribution in [3.8, 4) is 22.8 Å². The van der Waals surface area contributed by atoms with E-state index in [2.05, 4.69) is 31.6 Å². The molecule has 2 aliphatic carbocycles. The van der Waals surface area contributed by atoms with Crippen molar-refractivity contribution in [3.05, 3.63) is 42.0 Å². The number of methoxy groups -OCH3 is 1. The topological polar surface area (TPSA) is 136 Å². The number of aromatic nitrogens is 6. The van der Waals surface area contributed by atoms with E-state index in [9.17, 15) is 18.0 Å². The second kappa shape index (κ2) is 14.0. The van der Waals surface area contributed by atoms with Gasteiger partial charge in [0.2, 0.25) is 0 Å². The highest BCUT2D eigenvalue weighted by atomic mass is 19.4. The Balaban J connectivity index is 1.19. The lowest BCUT2D eigenvalue weighted by atomic mass is 9.69. The number of carbonyl (C=O) groups is 1. The Bertz CT molecular complexity index is 1880. The van der Waals surface area contributed by atoms with Crippen molar-refractivity contribution in [1.29, 1.82) is 0 Å². The number of pyridine rings is 2. The lowest BCUT2D eigenvalue weighted by Gasteiger charge is -2.44. The van der Waals surface area contributed by atoms with Crippen LogP contribution in [0.5, 0.6) is 0 Å². The fourth-order valence-electron chi connectivity index (χ4n) is 7.61. The average molecular weight is 708 g/mol. The zero-order valence-corrected chi connectivity index (χ0v) is 29.2. The highest BCUT2D eigenvalue weighted by Gasteiger charge is 2.40. The van der Waals surface area contributed by atoms with Crippen molar-refractivity contribution in [2.45, 2.75) is 70.0 Å². The summed E-state index contributed by atoms with van der Waals surface area (Å²) in [6.45, 7) is 6.52. The number of alkyl halides is 3. The van der Waals surface area contributed by atoms with Gasteiger partial charge in [-0.25, -0.2) is 19.9 Å². The Morgan fingerprint density at radius 3 is 2.53 bits per heavy atom.